The van der Waals surface area contributed by atoms with Crippen molar-refractivity contribution in [2.24, 2.45) is 7.05 Å². The molecule has 1 unspecified atom stereocenters. The SMILES string of the molecule is COc1ccc(OC)c(C2CN(c3nc(-c4ccncn4)cc(=O)n3C)CCN2)c1. The molecule has 0 radical (unpaired) electrons. The number of hydrogen-bond donors (Lipinski definition) is 1. The van der Waals surface area contributed by atoms with Crippen LogP contribution in [0, 0.1) is 0 Å². The van der Waals surface area contributed by atoms with Crippen molar-refractivity contribution in [3.05, 3.63) is 58.8 Å². The van der Waals surface area contributed by atoms with Gasteiger partial charge in [-0.05, 0) is 24.3 Å². The number of aromatic nitrogens is 4. The van der Waals surface area contributed by atoms with E-state index in [2.05, 4.69) is 20.2 Å². The van der Waals surface area contributed by atoms with E-state index in [0.29, 0.717) is 23.9 Å². The minimum Gasteiger partial charge on any atom is -0.497 e. The second kappa shape index (κ2) is 8.50. The molecule has 3 heterocycles. The van der Waals surface area contributed by atoms with Crippen LogP contribution in [0.25, 0.3) is 11.4 Å². The summed E-state index contributed by atoms with van der Waals surface area (Å²) >= 11 is 0. The first kappa shape index (κ1) is 19.8. The smallest absolute Gasteiger partial charge is 0.255 e. The summed E-state index contributed by atoms with van der Waals surface area (Å²) in [6.45, 7) is 2.08. The number of methoxy groups -OCH3 is 2. The van der Waals surface area contributed by atoms with Crippen LogP contribution in [0.2, 0.25) is 0 Å². The molecular weight excluding hydrogens is 384 g/mol. The van der Waals surface area contributed by atoms with E-state index in [1.807, 2.05) is 18.2 Å². The van der Waals surface area contributed by atoms with Crippen molar-refractivity contribution in [2.75, 3.05) is 38.8 Å². The van der Waals surface area contributed by atoms with E-state index in [-0.39, 0.29) is 11.6 Å². The average molecular weight is 408 g/mol. The second-order valence-electron chi connectivity index (χ2n) is 6.99. The average Bonchev–Trinajstić information content (AvgIpc) is 2.81. The van der Waals surface area contributed by atoms with Crippen LogP contribution in [0.15, 0.2) is 47.7 Å². The molecule has 0 amide bonds. The molecule has 9 nitrogen and oxygen atoms in total. The van der Waals surface area contributed by atoms with Gasteiger partial charge in [0, 0.05) is 44.5 Å². The maximum atomic E-state index is 12.6. The van der Waals surface area contributed by atoms with E-state index in [1.165, 1.54) is 12.4 Å². The lowest BCUT2D eigenvalue weighted by Gasteiger charge is -2.35. The highest BCUT2D eigenvalue weighted by Crippen LogP contribution is 2.31. The van der Waals surface area contributed by atoms with Crippen LogP contribution in [-0.4, -0.2) is 53.4 Å². The highest BCUT2D eigenvalue weighted by Gasteiger charge is 2.26. The first-order chi connectivity index (χ1) is 14.6. The van der Waals surface area contributed by atoms with E-state index >= 15 is 0 Å². The Hall–Kier alpha value is -3.46. The van der Waals surface area contributed by atoms with Gasteiger partial charge in [-0.1, -0.05) is 0 Å². The molecule has 30 heavy (non-hydrogen) atoms. The van der Waals surface area contributed by atoms with Gasteiger partial charge in [-0.3, -0.25) is 9.36 Å². The topological polar surface area (TPSA) is 94.4 Å². The summed E-state index contributed by atoms with van der Waals surface area (Å²) in [6, 6.07) is 8.98. The van der Waals surface area contributed by atoms with E-state index in [4.69, 9.17) is 14.5 Å². The number of ether oxygens (including phenoxy) is 2. The Morgan fingerprint density at radius 2 is 2.00 bits per heavy atom. The summed E-state index contributed by atoms with van der Waals surface area (Å²) in [6.07, 6.45) is 3.08. The molecule has 0 aliphatic carbocycles. The zero-order valence-corrected chi connectivity index (χ0v) is 17.2. The van der Waals surface area contributed by atoms with Crippen molar-refractivity contribution in [3.63, 3.8) is 0 Å². The lowest BCUT2D eigenvalue weighted by Crippen LogP contribution is -2.47. The molecule has 0 saturated carbocycles. The van der Waals surface area contributed by atoms with Gasteiger partial charge < -0.3 is 19.7 Å². The van der Waals surface area contributed by atoms with Gasteiger partial charge in [0.05, 0.1) is 31.6 Å². The lowest BCUT2D eigenvalue weighted by molar-refractivity contribution is 0.382. The van der Waals surface area contributed by atoms with Gasteiger partial charge in [-0.15, -0.1) is 0 Å². The highest BCUT2D eigenvalue weighted by molar-refractivity contribution is 5.55. The number of rotatable bonds is 5. The van der Waals surface area contributed by atoms with Crippen molar-refractivity contribution in [1.82, 2.24) is 24.8 Å². The third kappa shape index (κ3) is 3.84. The van der Waals surface area contributed by atoms with Gasteiger partial charge >= 0.3 is 0 Å². The molecule has 2 aromatic heterocycles. The molecule has 1 aromatic carbocycles. The molecule has 1 saturated heterocycles. The molecule has 1 N–H and O–H groups in total. The number of nitrogens with one attached hydrogen (secondary N) is 1. The van der Waals surface area contributed by atoms with Crippen LogP contribution in [-0.2, 0) is 7.05 Å². The van der Waals surface area contributed by atoms with E-state index in [1.54, 1.807) is 38.1 Å². The summed E-state index contributed by atoms with van der Waals surface area (Å²) in [5.41, 5.74) is 2.01. The van der Waals surface area contributed by atoms with Crippen LogP contribution in [0.5, 0.6) is 11.5 Å². The highest BCUT2D eigenvalue weighted by atomic mass is 16.5. The Kier molecular flexibility index (Phi) is 5.62. The normalized spacial score (nSPS) is 16.4. The summed E-state index contributed by atoms with van der Waals surface area (Å²) < 4.78 is 12.5. The number of benzene rings is 1. The van der Waals surface area contributed by atoms with Gasteiger partial charge in [-0.25, -0.2) is 15.0 Å². The fraction of sp³-hybridized carbons (Fsp3) is 0.333. The van der Waals surface area contributed by atoms with Crippen LogP contribution < -0.4 is 25.2 Å². The van der Waals surface area contributed by atoms with Crippen LogP contribution >= 0.6 is 0 Å². The van der Waals surface area contributed by atoms with Gasteiger partial charge in [0.15, 0.2) is 0 Å². The molecule has 4 rings (SSSR count). The van der Waals surface area contributed by atoms with Crippen molar-refractivity contribution in [3.8, 4) is 22.9 Å². The van der Waals surface area contributed by atoms with Crippen LogP contribution in [0.4, 0.5) is 5.95 Å². The van der Waals surface area contributed by atoms with Gasteiger partial charge in [0.1, 0.15) is 17.8 Å². The number of hydrogen-bond acceptors (Lipinski definition) is 8. The van der Waals surface area contributed by atoms with Crippen molar-refractivity contribution in [1.29, 1.82) is 0 Å². The van der Waals surface area contributed by atoms with Crippen LogP contribution in [0.1, 0.15) is 11.6 Å². The molecule has 156 valence electrons. The van der Waals surface area contributed by atoms with Gasteiger partial charge in [-0.2, -0.15) is 0 Å². The molecule has 0 spiro atoms. The standard InChI is InChI=1S/C21H24N6O3/c1-26-20(28)11-17(16-6-7-22-13-24-16)25-21(26)27-9-8-23-18(12-27)15-10-14(29-2)4-5-19(15)30-3/h4-7,10-11,13,18,23H,8-9,12H2,1-3H3. The fourth-order valence-corrected chi connectivity index (χ4v) is 3.64. The second-order valence-corrected chi connectivity index (χ2v) is 6.99. The number of anilines is 1. The van der Waals surface area contributed by atoms with Crippen molar-refractivity contribution < 1.29 is 9.47 Å². The number of piperazine rings is 1. The zero-order chi connectivity index (χ0) is 21.1. The molecule has 3 aromatic rings. The fourth-order valence-electron chi connectivity index (χ4n) is 3.64. The Morgan fingerprint density at radius 1 is 1.13 bits per heavy atom. The van der Waals surface area contributed by atoms with Crippen LogP contribution in [0.3, 0.4) is 0 Å². The van der Waals surface area contributed by atoms with E-state index in [0.717, 1.165) is 30.2 Å². The Morgan fingerprint density at radius 3 is 2.73 bits per heavy atom. The Balaban J connectivity index is 1.69. The molecule has 0 bridgehead atoms. The molecule has 1 aliphatic heterocycles. The predicted octanol–water partition coefficient (Wildman–Crippen LogP) is 1.41. The van der Waals surface area contributed by atoms with Crippen molar-refractivity contribution >= 4 is 5.95 Å². The first-order valence-corrected chi connectivity index (χ1v) is 9.65. The molecule has 1 aliphatic rings. The van der Waals surface area contributed by atoms with E-state index in [9.17, 15) is 4.79 Å². The maximum absolute atomic E-state index is 12.6. The zero-order valence-electron chi connectivity index (χ0n) is 17.2. The maximum Gasteiger partial charge on any atom is 0.255 e. The summed E-state index contributed by atoms with van der Waals surface area (Å²) in [4.78, 5) is 27.6. The summed E-state index contributed by atoms with van der Waals surface area (Å²) in [7, 11) is 5.03. The first-order valence-electron chi connectivity index (χ1n) is 9.65. The largest absolute Gasteiger partial charge is 0.497 e. The lowest BCUT2D eigenvalue weighted by atomic mass is 10.0. The molecule has 1 fully saturated rings. The number of nitrogens with zero attached hydrogens (tertiary/aromatic N) is 5. The molecule has 9 heteroatoms. The third-order valence-electron chi connectivity index (χ3n) is 5.23. The summed E-state index contributed by atoms with van der Waals surface area (Å²) in [5, 5.41) is 3.53. The minimum atomic E-state index is -0.136. The molecular formula is C21H24N6O3. The van der Waals surface area contributed by atoms with Crippen molar-refractivity contribution in [2.45, 2.75) is 6.04 Å². The third-order valence-corrected chi connectivity index (χ3v) is 5.23. The minimum absolute atomic E-state index is 0.0107. The Bertz CT molecular complexity index is 1090. The van der Waals surface area contributed by atoms with Gasteiger partial charge in [0.25, 0.3) is 5.56 Å². The quantitative estimate of drug-likeness (QED) is 0.677. The van der Waals surface area contributed by atoms with Gasteiger partial charge in [0.2, 0.25) is 5.95 Å². The van der Waals surface area contributed by atoms with E-state index < -0.39 is 0 Å². The Labute approximate surface area is 174 Å². The monoisotopic (exact) mass is 408 g/mol. The summed E-state index contributed by atoms with van der Waals surface area (Å²) in [5.74, 6) is 2.15. The predicted molar refractivity (Wildman–Crippen MR) is 113 cm³/mol. The molecule has 1 atom stereocenters.